The minimum absolute atomic E-state index is 0.00992. The average Bonchev–Trinajstić information content (AvgIpc) is 3.05. The molecule has 0 unspecified atom stereocenters. The van der Waals surface area contributed by atoms with Crippen LogP contribution in [0.25, 0.3) is 0 Å². The molecular formula is C18H14FN3O2. The SMILES string of the molecule is Cc1cccc(F)c1C(=O)c1c[nH]c(C(=O)Nc2cccnc2)c1. The van der Waals surface area contributed by atoms with E-state index in [-0.39, 0.29) is 16.8 Å². The van der Waals surface area contributed by atoms with E-state index in [0.717, 1.165) is 0 Å². The minimum Gasteiger partial charge on any atom is -0.356 e. The number of pyridine rings is 1. The van der Waals surface area contributed by atoms with Crippen molar-refractivity contribution in [3.8, 4) is 0 Å². The van der Waals surface area contributed by atoms with Gasteiger partial charge in [-0.25, -0.2) is 4.39 Å². The summed E-state index contributed by atoms with van der Waals surface area (Å²) in [5.74, 6) is -1.46. The molecule has 5 nitrogen and oxygen atoms in total. The van der Waals surface area contributed by atoms with Crippen LogP contribution in [0.4, 0.5) is 10.1 Å². The second kappa shape index (κ2) is 6.45. The molecule has 2 aromatic heterocycles. The summed E-state index contributed by atoms with van der Waals surface area (Å²) in [6, 6.07) is 9.25. The van der Waals surface area contributed by atoms with Crippen LogP contribution in [0.5, 0.6) is 0 Å². The largest absolute Gasteiger partial charge is 0.356 e. The van der Waals surface area contributed by atoms with Gasteiger partial charge in [0.2, 0.25) is 0 Å². The highest BCUT2D eigenvalue weighted by Gasteiger charge is 2.19. The first-order chi connectivity index (χ1) is 11.6. The molecule has 2 N–H and O–H groups in total. The number of H-pyrrole nitrogens is 1. The third-order valence-corrected chi connectivity index (χ3v) is 3.56. The molecule has 0 atom stereocenters. The number of rotatable bonds is 4. The average molecular weight is 323 g/mol. The number of aryl methyl sites for hydroxylation is 1. The Balaban J connectivity index is 1.83. The van der Waals surface area contributed by atoms with Gasteiger partial charge in [-0.3, -0.25) is 14.6 Å². The molecule has 0 bridgehead atoms. The third-order valence-electron chi connectivity index (χ3n) is 3.56. The van der Waals surface area contributed by atoms with Gasteiger partial charge < -0.3 is 10.3 Å². The number of aromatic amines is 1. The molecule has 3 rings (SSSR count). The number of hydrogen-bond acceptors (Lipinski definition) is 3. The van der Waals surface area contributed by atoms with E-state index in [9.17, 15) is 14.0 Å². The fourth-order valence-electron chi connectivity index (χ4n) is 2.36. The number of carbonyl (C=O) groups is 2. The van der Waals surface area contributed by atoms with E-state index in [2.05, 4.69) is 15.3 Å². The topological polar surface area (TPSA) is 74.8 Å². The molecule has 0 saturated carbocycles. The van der Waals surface area contributed by atoms with Gasteiger partial charge >= 0.3 is 0 Å². The van der Waals surface area contributed by atoms with Crippen molar-refractivity contribution in [3.63, 3.8) is 0 Å². The van der Waals surface area contributed by atoms with Gasteiger partial charge in [0.15, 0.2) is 5.78 Å². The molecule has 0 saturated heterocycles. The fourth-order valence-corrected chi connectivity index (χ4v) is 2.36. The van der Waals surface area contributed by atoms with Crippen LogP contribution in [0.15, 0.2) is 55.0 Å². The Bertz CT molecular complexity index is 883. The zero-order valence-corrected chi connectivity index (χ0v) is 12.8. The Morgan fingerprint density at radius 3 is 2.75 bits per heavy atom. The van der Waals surface area contributed by atoms with Crippen LogP contribution >= 0.6 is 0 Å². The summed E-state index contributed by atoms with van der Waals surface area (Å²) in [5.41, 5.74) is 1.52. The van der Waals surface area contributed by atoms with Crippen LogP contribution in [0, 0.1) is 12.7 Å². The van der Waals surface area contributed by atoms with Crippen LogP contribution in [0.1, 0.15) is 32.0 Å². The second-order valence-corrected chi connectivity index (χ2v) is 5.26. The molecular weight excluding hydrogens is 309 g/mol. The summed E-state index contributed by atoms with van der Waals surface area (Å²) in [7, 11) is 0. The predicted molar refractivity (Wildman–Crippen MR) is 87.6 cm³/mol. The molecule has 24 heavy (non-hydrogen) atoms. The molecule has 0 fully saturated rings. The number of aromatic nitrogens is 2. The standard InChI is InChI=1S/C18H14FN3O2/c1-11-4-2-6-14(19)16(11)17(23)12-8-15(21-9-12)18(24)22-13-5-3-7-20-10-13/h2-10,21H,1H3,(H,22,24). The van der Waals surface area contributed by atoms with Crippen LogP contribution < -0.4 is 5.32 Å². The number of ketones is 1. The zero-order chi connectivity index (χ0) is 17.1. The Morgan fingerprint density at radius 2 is 2.04 bits per heavy atom. The summed E-state index contributed by atoms with van der Waals surface area (Å²) in [6.45, 7) is 1.67. The molecule has 0 aliphatic rings. The molecule has 6 heteroatoms. The maximum Gasteiger partial charge on any atom is 0.272 e. The first-order valence-electron chi connectivity index (χ1n) is 7.26. The van der Waals surface area contributed by atoms with Gasteiger partial charge in [0.1, 0.15) is 11.5 Å². The number of hydrogen-bond donors (Lipinski definition) is 2. The number of amides is 1. The number of carbonyl (C=O) groups excluding carboxylic acids is 2. The van der Waals surface area contributed by atoms with Gasteiger partial charge in [0.25, 0.3) is 5.91 Å². The van der Waals surface area contributed by atoms with E-state index in [1.165, 1.54) is 24.5 Å². The predicted octanol–water partition coefficient (Wildman–Crippen LogP) is 3.34. The van der Waals surface area contributed by atoms with Crippen molar-refractivity contribution in [1.82, 2.24) is 9.97 Å². The number of benzene rings is 1. The molecule has 0 aliphatic heterocycles. The lowest BCUT2D eigenvalue weighted by atomic mass is 10.0. The van der Waals surface area contributed by atoms with Crippen molar-refractivity contribution in [2.75, 3.05) is 5.32 Å². The van der Waals surface area contributed by atoms with Crippen molar-refractivity contribution in [3.05, 3.63) is 83.2 Å². The van der Waals surface area contributed by atoms with E-state index in [1.807, 2.05) is 0 Å². The molecule has 0 aliphatic carbocycles. The first-order valence-corrected chi connectivity index (χ1v) is 7.26. The summed E-state index contributed by atoms with van der Waals surface area (Å²) in [6.07, 6.45) is 4.50. The van der Waals surface area contributed by atoms with Gasteiger partial charge in [-0.15, -0.1) is 0 Å². The van der Waals surface area contributed by atoms with Crippen molar-refractivity contribution < 1.29 is 14.0 Å². The van der Waals surface area contributed by atoms with E-state index in [0.29, 0.717) is 11.3 Å². The van der Waals surface area contributed by atoms with Crippen molar-refractivity contribution in [2.45, 2.75) is 6.92 Å². The van der Waals surface area contributed by atoms with Crippen molar-refractivity contribution in [2.24, 2.45) is 0 Å². The normalized spacial score (nSPS) is 10.4. The lowest BCUT2D eigenvalue weighted by molar-refractivity contribution is 0.102. The van der Waals surface area contributed by atoms with Gasteiger partial charge in [-0.05, 0) is 36.8 Å². The molecule has 1 aromatic carbocycles. The Hall–Kier alpha value is -3.28. The molecule has 3 aromatic rings. The number of halogens is 1. The van der Waals surface area contributed by atoms with Crippen LogP contribution in [-0.2, 0) is 0 Å². The molecule has 1 amide bonds. The van der Waals surface area contributed by atoms with Crippen LogP contribution in [0.2, 0.25) is 0 Å². The maximum atomic E-state index is 13.9. The molecule has 120 valence electrons. The van der Waals surface area contributed by atoms with Crippen LogP contribution in [-0.4, -0.2) is 21.7 Å². The number of anilines is 1. The van der Waals surface area contributed by atoms with Gasteiger partial charge in [-0.1, -0.05) is 12.1 Å². The Morgan fingerprint density at radius 1 is 1.21 bits per heavy atom. The quantitative estimate of drug-likeness (QED) is 0.723. The minimum atomic E-state index is -0.581. The molecule has 0 radical (unpaired) electrons. The van der Waals surface area contributed by atoms with E-state index < -0.39 is 17.5 Å². The first kappa shape index (κ1) is 15.6. The van der Waals surface area contributed by atoms with Gasteiger partial charge in [-0.2, -0.15) is 0 Å². The maximum absolute atomic E-state index is 13.9. The summed E-state index contributed by atoms with van der Waals surface area (Å²) in [5, 5.41) is 2.65. The lowest BCUT2D eigenvalue weighted by Crippen LogP contribution is -2.12. The van der Waals surface area contributed by atoms with E-state index in [1.54, 1.807) is 37.4 Å². The van der Waals surface area contributed by atoms with Gasteiger partial charge in [0.05, 0.1) is 17.4 Å². The monoisotopic (exact) mass is 323 g/mol. The zero-order valence-electron chi connectivity index (χ0n) is 12.8. The second-order valence-electron chi connectivity index (χ2n) is 5.26. The third kappa shape index (κ3) is 3.08. The summed E-state index contributed by atoms with van der Waals surface area (Å²) in [4.78, 5) is 31.3. The highest BCUT2D eigenvalue weighted by atomic mass is 19.1. The Labute approximate surface area is 137 Å². The fraction of sp³-hybridized carbons (Fsp3) is 0.0556. The molecule has 0 spiro atoms. The van der Waals surface area contributed by atoms with E-state index in [4.69, 9.17) is 0 Å². The summed E-state index contributed by atoms with van der Waals surface area (Å²) < 4.78 is 13.9. The highest BCUT2D eigenvalue weighted by Crippen LogP contribution is 2.18. The van der Waals surface area contributed by atoms with Crippen molar-refractivity contribution in [1.29, 1.82) is 0 Å². The smallest absolute Gasteiger partial charge is 0.272 e. The van der Waals surface area contributed by atoms with E-state index >= 15 is 0 Å². The lowest BCUT2D eigenvalue weighted by Gasteiger charge is -2.04. The number of nitrogens with one attached hydrogen (secondary N) is 2. The number of nitrogens with zero attached hydrogens (tertiary/aromatic N) is 1. The van der Waals surface area contributed by atoms with Crippen LogP contribution in [0.3, 0.4) is 0 Å². The van der Waals surface area contributed by atoms with Gasteiger partial charge in [0, 0.05) is 18.0 Å². The van der Waals surface area contributed by atoms with Crippen molar-refractivity contribution >= 4 is 17.4 Å². The molecule has 2 heterocycles. The summed E-state index contributed by atoms with van der Waals surface area (Å²) >= 11 is 0. The highest BCUT2D eigenvalue weighted by molar-refractivity contribution is 6.12. The Kier molecular flexibility index (Phi) is 4.20.